The number of benzene rings is 2. The predicted molar refractivity (Wildman–Crippen MR) is 86.4 cm³/mol. The van der Waals surface area contributed by atoms with Crippen molar-refractivity contribution in [1.82, 2.24) is 0 Å². The number of aryl methyl sites for hydroxylation is 1. The average Bonchev–Trinajstić information content (AvgIpc) is 2.58. The Bertz CT molecular complexity index is 694. The third-order valence-electron chi connectivity index (χ3n) is 3.42. The van der Waals surface area contributed by atoms with Crippen LogP contribution in [-0.4, -0.2) is 27.3 Å². The maximum Gasteiger partial charge on any atom is 0.342 e. The summed E-state index contributed by atoms with van der Waals surface area (Å²) in [7, 11) is 4.59. The van der Waals surface area contributed by atoms with E-state index >= 15 is 0 Å². The Morgan fingerprint density at radius 1 is 0.957 bits per heavy atom. The van der Waals surface area contributed by atoms with Crippen molar-refractivity contribution in [1.29, 1.82) is 0 Å². The van der Waals surface area contributed by atoms with Gasteiger partial charge in [0.15, 0.2) is 11.5 Å². The Balaban J connectivity index is 2.19. The third kappa shape index (κ3) is 3.74. The first-order chi connectivity index (χ1) is 11.1. The molecule has 0 saturated heterocycles. The monoisotopic (exact) mass is 316 g/mol. The zero-order valence-electron chi connectivity index (χ0n) is 13.7. The van der Waals surface area contributed by atoms with Crippen molar-refractivity contribution in [3.05, 3.63) is 53.1 Å². The van der Waals surface area contributed by atoms with E-state index in [1.54, 1.807) is 25.3 Å². The molecule has 0 amide bonds. The molecule has 0 aliphatic heterocycles. The molecule has 0 aliphatic carbocycles. The lowest BCUT2D eigenvalue weighted by Gasteiger charge is -2.13. The second kappa shape index (κ2) is 7.54. The Hall–Kier alpha value is -2.69. The van der Waals surface area contributed by atoms with Crippen molar-refractivity contribution < 1.29 is 23.7 Å². The molecular weight excluding hydrogens is 296 g/mol. The number of hydrogen-bond donors (Lipinski definition) is 0. The van der Waals surface area contributed by atoms with Crippen LogP contribution in [0, 0.1) is 6.92 Å². The van der Waals surface area contributed by atoms with E-state index in [1.807, 2.05) is 25.1 Å². The highest BCUT2D eigenvalue weighted by Crippen LogP contribution is 2.31. The molecule has 0 fully saturated rings. The molecule has 23 heavy (non-hydrogen) atoms. The normalized spacial score (nSPS) is 10.1. The summed E-state index contributed by atoms with van der Waals surface area (Å²) >= 11 is 0. The van der Waals surface area contributed by atoms with Crippen molar-refractivity contribution in [2.45, 2.75) is 13.5 Å². The first-order valence-corrected chi connectivity index (χ1v) is 7.12. The molecule has 2 aromatic carbocycles. The quantitative estimate of drug-likeness (QED) is 0.765. The fraction of sp³-hybridized carbons (Fsp3) is 0.278. The number of hydrogen-bond acceptors (Lipinski definition) is 5. The Morgan fingerprint density at radius 2 is 1.70 bits per heavy atom. The van der Waals surface area contributed by atoms with Crippen molar-refractivity contribution in [3.8, 4) is 17.2 Å². The van der Waals surface area contributed by atoms with Gasteiger partial charge in [-0.05, 0) is 31.2 Å². The van der Waals surface area contributed by atoms with E-state index in [1.165, 1.54) is 14.2 Å². The zero-order valence-corrected chi connectivity index (χ0v) is 13.7. The van der Waals surface area contributed by atoms with Crippen LogP contribution >= 0.6 is 0 Å². The van der Waals surface area contributed by atoms with Gasteiger partial charge in [-0.2, -0.15) is 0 Å². The molecule has 0 saturated carbocycles. The minimum atomic E-state index is -0.482. The summed E-state index contributed by atoms with van der Waals surface area (Å²) in [4.78, 5) is 12.4. The van der Waals surface area contributed by atoms with Gasteiger partial charge in [0.1, 0.15) is 17.9 Å². The van der Waals surface area contributed by atoms with Crippen LogP contribution < -0.4 is 14.2 Å². The van der Waals surface area contributed by atoms with E-state index in [4.69, 9.17) is 18.9 Å². The summed E-state index contributed by atoms with van der Waals surface area (Å²) in [6.45, 7) is 2.08. The van der Waals surface area contributed by atoms with Gasteiger partial charge in [0, 0.05) is 5.56 Å². The molecule has 5 nitrogen and oxygen atoms in total. The number of para-hydroxylation sites is 1. The number of carbonyl (C=O) groups is 1. The van der Waals surface area contributed by atoms with E-state index in [2.05, 4.69) is 0 Å². The van der Waals surface area contributed by atoms with E-state index in [0.29, 0.717) is 22.8 Å². The fourth-order valence-corrected chi connectivity index (χ4v) is 2.29. The highest BCUT2D eigenvalue weighted by molar-refractivity contribution is 5.93. The summed E-state index contributed by atoms with van der Waals surface area (Å²) < 4.78 is 21.1. The van der Waals surface area contributed by atoms with Crippen LogP contribution in [0.3, 0.4) is 0 Å². The molecule has 122 valence electrons. The van der Waals surface area contributed by atoms with Crippen LogP contribution in [0.25, 0.3) is 0 Å². The van der Waals surface area contributed by atoms with Crippen LogP contribution in [-0.2, 0) is 11.3 Å². The second-order valence-corrected chi connectivity index (χ2v) is 4.93. The predicted octanol–water partition coefficient (Wildman–Crippen LogP) is 3.38. The molecule has 0 heterocycles. The molecule has 0 spiro atoms. The molecule has 0 unspecified atom stereocenters. The summed E-state index contributed by atoms with van der Waals surface area (Å²) in [6.07, 6.45) is 0. The maximum atomic E-state index is 12.4. The van der Waals surface area contributed by atoms with Crippen molar-refractivity contribution in [2.75, 3.05) is 21.3 Å². The van der Waals surface area contributed by atoms with Gasteiger partial charge in [0.2, 0.25) is 0 Å². The number of esters is 1. The van der Waals surface area contributed by atoms with E-state index < -0.39 is 5.97 Å². The van der Waals surface area contributed by atoms with Gasteiger partial charge in [0.05, 0.1) is 21.3 Å². The van der Waals surface area contributed by atoms with Gasteiger partial charge >= 0.3 is 5.97 Å². The topological polar surface area (TPSA) is 54.0 Å². The van der Waals surface area contributed by atoms with Crippen molar-refractivity contribution in [3.63, 3.8) is 0 Å². The fourth-order valence-electron chi connectivity index (χ4n) is 2.29. The van der Waals surface area contributed by atoms with Crippen molar-refractivity contribution >= 4 is 5.97 Å². The lowest BCUT2D eigenvalue weighted by molar-refractivity contribution is 0.0465. The van der Waals surface area contributed by atoms with Gasteiger partial charge in [0.25, 0.3) is 0 Å². The van der Waals surface area contributed by atoms with E-state index in [9.17, 15) is 4.79 Å². The van der Waals surface area contributed by atoms with Crippen LogP contribution in [0.1, 0.15) is 21.5 Å². The number of carbonyl (C=O) groups excluding carboxylic acids is 1. The maximum absolute atomic E-state index is 12.4. The first kappa shape index (κ1) is 16.7. The molecule has 5 heteroatoms. The second-order valence-electron chi connectivity index (χ2n) is 4.93. The molecule has 0 aliphatic rings. The smallest absolute Gasteiger partial charge is 0.342 e. The largest absolute Gasteiger partial charge is 0.496 e. The van der Waals surface area contributed by atoms with E-state index in [0.717, 1.165) is 11.1 Å². The van der Waals surface area contributed by atoms with Crippen LogP contribution in [0.15, 0.2) is 36.4 Å². The first-order valence-electron chi connectivity index (χ1n) is 7.12. The Labute approximate surface area is 135 Å². The molecule has 0 N–H and O–H groups in total. The summed E-state index contributed by atoms with van der Waals surface area (Å²) in [5, 5.41) is 0. The minimum absolute atomic E-state index is 0.115. The average molecular weight is 316 g/mol. The van der Waals surface area contributed by atoms with Gasteiger partial charge in [-0.25, -0.2) is 4.79 Å². The molecule has 0 radical (unpaired) electrons. The van der Waals surface area contributed by atoms with Gasteiger partial charge in [-0.1, -0.05) is 17.7 Å². The molecule has 2 rings (SSSR count). The Morgan fingerprint density at radius 3 is 2.35 bits per heavy atom. The number of methoxy groups -OCH3 is 3. The van der Waals surface area contributed by atoms with Gasteiger partial charge in [-0.15, -0.1) is 0 Å². The SMILES string of the molecule is COc1ccc(C)cc1COC(=O)c1cccc(OC)c1OC. The summed E-state index contributed by atoms with van der Waals surface area (Å²) in [6, 6.07) is 10.8. The Kier molecular flexibility index (Phi) is 5.46. The third-order valence-corrected chi connectivity index (χ3v) is 3.42. The number of ether oxygens (including phenoxy) is 4. The molecule has 2 aromatic rings. The molecule has 0 bridgehead atoms. The molecule has 0 aromatic heterocycles. The van der Waals surface area contributed by atoms with E-state index in [-0.39, 0.29) is 6.61 Å². The lowest BCUT2D eigenvalue weighted by atomic mass is 10.1. The highest BCUT2D eigenvalue weighted by atomic mass is 16.5. The van der Waals surface area contributed by atoms with Gasteiger partial charge < -0.3 is 18.9 Å². The molecule has 0 atom stereocenters. The summed E-state index contributed by atoms with van der Waals surface area (Å²) in [5.41, 5.74) is 2.19. The minimum Gasteiger partial charge on any atom is -0.496 e. The van der Waals surface area contributed by atoms with Gasteiger partial charge in [-0.3, -0.25) is 0 Å². The van der Waals surface area contributed by atoms with Crippen LogP contribution in [0.4, 0.5) is 0 Å². The molecular formula is C18H20O5. The van der Waals surface area contributed by atoms with Crippen molar-refractivity contribution in [2.24, 2.45) is 0 Å². The number of rotatable bonds is 6. The highest BCUT2D eigenvalue weighted by Gasteiger charge is 2.18. The zero-order chi connectivity index (χ0) is 16.8. The standard InChI is InChI=1S/C18H20O5/c1-12-8-9-15(20-2)13(10-12)11-23-18(19)14-6-5-7-16(21-3)17(14)22-4/h5-10H,11H2,1-4H3. The lowest BCUT2D eigenvalue weighted by Crippen LogP contribution is -2.08. The summed E-state index contributed by atoms with van der Waals surface area (Å²) in [5.74, 6) is 1.04. The van der Waals surface area contributed by atoms with Crippen LogP contribution in [0.2, 0.25) is 0 Å². The van der Waals surface area contributed by atoms with Crippen LogP contribution in [0.5, 0.6) is 17.2 Å².